The molecule has 2 heterocycles. The molecule has 2 aromatic rings. The monoisotopic (exact) mass is 366 g/mol. The highest BCUT2D eigenvalue weighted by atomic mass is 35.5. The van der Waals surface area contributed by atoms with Crippen LogP contribution in [0.25, 0.3) is 0 Å². The molecule has 128 valence electrons. The highest BCUT2D eigenvalue weighted by Gasteiger charge is 2.28. The maximum Gasteiger partial charge on any atom is 0.242 e. The van der Waals surface area contributed by atoms with Crippen molar-refractivity contribution in [1.82, 2.24) is 9.29 Å². The van der Waals surface area contributed by atoms with Gasteiger partial charge < -0.3 is 4.74 Å². The smallest absolute Gasteiger partial charge is 0.242 e. The van der Waals surface area contributed by atoms with Gasteiger partial charge in [0.2, 0.25) is 10.0 Å². The first kappa shape index (κ1) is 17.2. The molecule has 5 nitrogen and oxygen atoms in total. The van der Waals surface area contributed by atoms with Crippen molar-refractivity contribution in [2.45, 2.75) is 30.8 Å². The topological polar surface area (TPSA) is 59.5 Å². The summed E-state index contributed by atoms with van der Waals surface area (Å²) in [6, 6.07) is 8.73. The molecule has 24 heavy (non-hydrogen) atoms. The van der Waals surface area contributed by atoms with Crippen LogP contribution in [0.15, 0.2) is 41.4 Å². The fourth-order valence-electron chi connectivity index (χ4n) is 2.73. The Morgan fingerprint density at radius 3 is 2.88 bits per heavy atom. The molecular formula is C17H19ClN2O3S. The Morgan fingerprint density at radius 1 is 1.38 bits per heavy atom. The van der Waals surface area contributed by atoms with Crippen molar-refractivity contribution in [3.63, 3.8) is 0 Å². The number of nitrogens with zero attached hydrogens (tertiary/aromatic N) is 2. The van der Waals surface area contributed by atoms with Gasteiger partial charge in [-0.1, -0.05) is 17.7 Å². The summed E-state index contributed by atoms with van der Waals surface area (Å²) >= 11 is 6.21. The summed E-state index contributed by atoms with van der Waals surface area (Å²) in [6.07, 6.45) is 2.92. The highest BCUT2D eigenvalue weighted by molar-refractivity contribution is 7.89. The molecule has 3 rings (SSSR count). The number of halogens is 1. The fourth-order valence-corrected chi connectivity index (χ4v) is 4.32. The molecule has 0 radical (unpaired) electrons. The summed E-state index contributed by atoms with van der Waals surface area (Å²) in [4.78, 5) is 4.42. The standard InChI is InChI=1S/C17H19ClN2O3S/c1-12-9-13-10-15(11-16(18)17(13)23-12)24(21,22)20(2)8-6-14-5-3-4-7-19-14/h3-5,7,10-12H,6,8-9H2,1-2H3. The van der Waals surface area contributed by atoms with Crippen LogP contribution in [0.3, 0.4) is 0 Å². The lowest BCUT2D eigenvalue weighted by Crippen LogP contribution is -2.29. The van der Waals surface area contributed by atoms with E-state index in [9.17, 15) is 8.42 Å². The largest absolute Gasteiger partial charge is 0.489 e. The number of sulfonamides is 1. The second-order valence-electron chi connectivity index (χ2n) is 5.92. The predicted molar refractivity (Wildman–Crippen MR) is 93.0 cm³/mol. The lowest BCUT2D eigenvalue weighted by atomic mass is 10.1. The molecule has 1 aromatic heterocycles. The van der Waals surface area contributed by atoms with Gasteiger partial charge in [-0.25, -0.2) is 12.7 Å². The molecule has 0 saturated heterocycles. The van der Waals surface area contributed by atoms with Crippen LogP contribution in [0.1, 0.15) is 18.2 Å². The van der Waals surface area contributed by atoms with Crippen molar-refractivity contribution in [2.75, 3.05) is 13.6 Å². The minimum absolute atomic E-state index is 0.0114. The second kappa shape index (κ2) is 6.70. The Balaban J connectivity index is 1.80. The number of benzene rings is 1. The van der Waals surface area contributed by atoms with Crippen LogP contribution in [0.4, 0.5) is 0 Å². The quantitative estimate of drug-likeness (QED) is 0.816. The van der Waals surface area contributed by atoms with Gasteiger partial charge in [0.15, 0.2) is 0 Å². The average Bonchev–Trinajstić information content (AvgIpc) is 2.94. The molecule has 1 unspecified atom stereocenters. The first-order valence-electron chi connectivity index (χ1n) is 7.73. The minimum Gasteiger partial charge on any atom is -0.489 e. The number of fused-ring (bicyclic) bond motifs is 1. The average molecular weight is 367 g/mol. The molecule has 1 aliphatic heterocycles. The summed E-state index contributed by atoms with van der Waals surface area (Å²) in [5.74, 6) is 0.597. The molecule has 0 amide bonds. The van der Waals surface area contributed by atoms with E-state index in [1.807, 2.05) is 25.1 Å². The highest BCUT2D eigenvalue weighted by Crippen LogP contribution is 2.38. The summed E-state index contributed by atoms with van der Waals surface area (Å²) in [6.45, 7) is 2.28. The van der Waals surface area contributed by atoms with Crippen LogP contribution in [0, 0.1) is 0 Å². The number of rotatable bonds is 5. The first-order chi connectivity index (χ1) is 11.4. The van der Waals surface area contributed by atoms with E-state index >= 15 is 0 Å². The van der Waals surface area contributed by atoms with E-state index in [1.165, 1.54) is 10.4 Å². The number of aromatic nitrogens is 1. The molecule has 0 saturated carbocycles. The number of likely N-dealkylation sites (N-methyl/N-ethyl adjacent to an activating group) is 1. The first-order valence-corrected chi connectivity index (χ1v) is 9.55. The van der Waals surface area contributed by atoms with Gasteiger partial charge in [0, 0.05) is 43.9 Å². The molecule has 0 bridgehead atoms. The number of hydrogen-bond donors (Lipinski definition) is 0. The van der Waals surface area contributed by atoms with Gasteiger partial charge in [0.1, 0.15) is 11.9 Å². The van der Waals surface area contributed by atoms with Crippen molar-refractivity contribution in [2.24, 2.45) is 0 Å². The van der Waals surface area contributed by atoms with E-state index in [-0.39, 0.29) is 11.0 Å². The number of ether oxygens (including phenoxy) is 1. The molecule has 0 N–H and O–H groups in total. The predicted octanol–water partition coefficient (Wildman–Crippen LogP) is 2.92. The van der Waals surface area contributed by atoms with E-state index in [2.05, 4.69) is 4.98 Å². The normalized spacial score (nSPS) is 16.9. The molecule has 1 aliphatic rings. The lowest BCUT2D eigenvalue weighted by molar-refractivity contribution is 0.255. The Kier molecular flexibility index (Phi) is 4.80. The van der Waals surface area contributed by atoms with E-state index in [4.69, 9.17) is 16.3 Å². The Morgan fingerprint density at radius 2 is 2.17 bits per heavy atom. The SMILES string of the molecule is CC1Cc2cc(S(=O)(=O)N(C)CCc3ccccn3)cc(Cl)c2O1. The lowest BCUT2D eigenvalue weighted by Gasteiger charge is -2.18. The van der Waals surface area contributed by atoms with Gasteiger partial charge in [0.05, 0.1) is 9.92 Å². The van der Waals surface area contributed by atoms with Gasteiger partial charge >= 0.3 is 0 Å². The summed E-state index contributed by atoms with van der Waals surface area (Å²) in [5, 5.41) is 0.341. The zero-order chi connectivity index (χ0) is 17.3. The van der Waals surface area contributed by atoms with Crippen molar-refractivity contribution in [3.8, 4) is 5.75 Å². The summed E-state index contributed by atoms with van der Waals surface area (Å²) in [7, 11) is -2.04. The van der Waals surface area contributed by atoms with Crippen LogP contribution < -0.4 is 4.74 Å². The fraction of sp³-hybridized carbons (Fsp3) is 0.353. The Labute approximate surface area is 147 Å². The van der Waals surface area contributed by atoms with E-state index in [0.717, 1.165) is 11.3 Å². The number of pyridine rings is 1. The van der Waals surface area contributed by atoms with Gasteiger partial charge in [-0.2, -0.15) is 0 Å². The summed E-state index contributed by atoms with van der Waals surface area (Å²) < 4.78 is 32.5. The van der Waals surface area contributed by atoms with Crippen molar-refractivity contribution >= 4 is 21.6 Å². The van der Waals surface area contributed by atoms with Gasteiger partial charge in [0.25, 0.3) is 0 Å². The van der Waals surface area contributed by atoms with Gasteiger partial charge in [-0.05, 0) is 31.2 Å². The van der Waals surface area contributed by atoms with Gasteiger partial charge in [-0.15, -0.1) is 0 Å². The van der Waals surface area contributed by atoms with Gasteiger partial charge in [-0.3, -0.25) is 4.98 Å². The molecule has 1 atom stereocenters. The molecule has 0 fully saturated rings. The third-order valence-corrected chi connectivity index (χ3v) is 6.15. The molecular weight excluding hydrogens is 348 g/mol. The molecule has 0 aliphatic carbocycles. The zero-order valence-corrected chi connectivity index (χ0v) is 15.1. The van der Waals surface area contributed by atoms with Crippen LogP contribution in [-0.4, -0.2) is 37.4 Å². The minimum atomic E-state index is -3.61. The van der Waals surface area contributed by atoms with E-state index < -0.39 is 10.0 Å². The third kappa shape index (κ3) is 3.41. The van der Waals surface area contributed by atoms with E-state index in [1.54, 1.807) is 19.3 Å². The van der Waals surface area contributed by atoms with Crippen LogP contribution in [0.5, 0.6) is 5.75 Å². The summed E-state index contributed by atoms with van der Waals surface area (Å²) in [5.41, 5.74) is 1.69. The van der Waals surface area contributed by atoms with Crippen LogP contribution in [0.2, 0.25) is 5.02 Å². The maximum absolute atomic E-state index is 12.8. The van der Waals surface area contributed by atoms with Crippen LogP contribution in [-0.2, 0) is 22.9 Å². The van der Waals surface area contributed by atoms with Crippen molar-refractivity contribution in [3.05, 3.63) is 52.8 Å². The second-order valence-corrected chi connectivity index (χ2v) is 8.38. The molecule has 1 aromatic carbocycles. The van der Waals surface area contributed by atoms with Crippen molar-refractivity contribution in [1.29, 1.82) is 0 Å². The van der Waals surface area contributed by atoms with Crippen molar-refractivity contribution < 1.29 is 13.2 Å². The third-order valence-electron chi connectivity index (χ3n) is 4.04. The molecule has 0 spiro atoms. The zero-order valence-electron chi connectivity index (χ0n) is 13.6. The molecule has 7 heteroatoms. The Hall–Kier alpha value is -1.63. The number of hydrogen-bond acceptors (Lipinski definition) is 4. The maximum atomic E-state index is 12.8. The van der Waals surface area contributed by atoms with E-state index in [0.29, 0.717) is 30.2 Å². The van der Waals surface area contributed by atoms with Crippen LogP contribution >= 0.6 is 11.6 Å². The Bertz CT molecular complexity index is 840.